The lowest BCUT2D eigenvalue weighted by Crippen LogP contribution is -2.49. The molecule has 0 spiro atoms. The minimum atomic E-state index is -0.445. The number of hydrogen-bond donors (Lipinski definition) is 0. The minimum Gasteiger partial charge on any atom is -0.460 e. The number of rotatable bonds is 4. The van der Waals surface area contributed by atoms with Crippen molar-refractivity contribution in [3.63, 3.8) is 0 Å². The molecule has 0 aromatic carbocycles. The van der Waals surface area contributed by atoms with Crippen LogP contribution in [0.3, 0.4) is 0 Å². The fourth-order valence-electron chi connectivity index (χ4n) is 4.01. The van der Waals surface area contributed by atoms with Gasteiger partial charge in [0.25, 0.3) is 5.91 Å². The number of piperazine rings is 1. The van der Waals surface area contributed by atoms with Crippen molar-refractivity contribution in [2.45, 2.75) is 40.2 Å². The molecule has 2 atom stereocenters. The van der Waals surface area contributed by atoms with Crippen LogP contribution in [0.2, 0.25) is 0 Å². The zero-order chi connectivity index (χ0) is 19.8. The van der Waals surface area contributed by atoms with Crippen LogP contribution in [-0.4, -0.2) is 65.0 Å². The number of pyridine rings is 1. The number of nitrogens with zero attached hydrogens (tertiary/aromatic N) is 3. The Labute approximate surface area is 161 Å². The lowest BCUT2D eigenvalue weighted by atomic mass is 10.1. The molecule has 0 bridgehead atoms. The zero-order valence-corrected chi connectivity index (χ0v) is 17.1. The minimum absolute atomic E-state index is 0.0215. The molecule has 1 aliphatic heterocycles. The average molecular weight is 373 g/mol. The molecule has 148 valence electrons. The summed E-state index contributed by atoms with van der Waals surface area (Å²) in [5.74, 6) is 0.266. The van der Waals surface area contributed by atoms with E-state index in [0.717, 1.165) is 19.6 Å². The summed E-state index contributed by atoms with van der Waals surface area (Å²) in [6, 6.07) is 3.51. The first kappa shape index (κ1) is 19.8. The lowest BCUT2D eigenvalue weighted by Gasteiger charge is -2.35. The predicted octanol–water partition coefficient (Wildman–Crippen LogP) is 2.45. The molecule has 1 aromatic rings. The van der Waals surface area contributed by atoms with Gasteiger partial charge in [0.2, 0.25) is 0 Å². The molecule has 1 aliphatic carbocycles. The Morgan fingerprint density at radius 1 is 1.15 bits per heavy atom. The summed E-state index contributed by atoms with van der Waals surface area (Å²) >= 11 is 0. The highest BCUT2D eigenvalue weighted by atomic mass is 16.6. The van der Waals surface area contributed by atoms with E-state index in [4.69, 9.17) is 4.74 Å². The number of ether oxygens (including phenoxy) is 1. The molecule has 0 N–H and O–H groups in total. The monoisotopic (exact) mass is 373 g/mol. The Morgan fingerprint density at radius 3 is 2.30 bits per heavy atom. The molecular weight excluding hydrogens is 342 g/mol. The van der Waals surface area contributed by atoms with Crippen molar-refractivity contribution in [1.82, 2.24) is 14.8 Å². The quantitative estimate of drug-likeness (QED) is 0.759. The standard InChI is InChI=1S/C21H31N3O3/c1-20(2,3)27-19(26)17-16(21(17,4)5)14-23-10-12-24(13-11-23)18(25)15-6-8-22-9-7-15/h6-9,16-17H,10-14H2,1-5H3. The van der Waals surface area contributed by atoms with Gasteiger partial charge in [-0.1, -0.05) is 13.8 Å². The first-order valence-electron chi connectivity index (χ1n) is 9.74. The molecular formula is C21H31N3O3. The van der Waals surface area contributed by atoms with E-state index in [-0.39, 0.29) is 23.2 Å². The maximum absolute atomic E-state index is 12.5. The maximum Gasteiger partial charge on any atom is 0.310 e. The van der Waals surface area contributed by atoms with Crippen LogP contribution >= 0.6 is 0 Å². The van der Waals surface area contributed by atoms with E-state index in [1.165, 1.54) is 0 Å². The van der Waals surface area contributed by atoms with Gasteiger partial charge in [0, 0.05) is 50.7 Å². The van der Waals surface area contributed by atoms with Crippen LogP contribution in [0.4, 0.5) is 0 Å². The van der Waals surface area contributed by atoms with E-state index >= 15 is 0 Å². The summed E-state index contributed by atoms with van der Waals surface area (Å²) in [6.07, 6.45) is 3.30. The predicted molar refractivity (Wildman–Crippen MR) is 103 cm³/mol. The number of esters is 1. The van der Waals surface area contributed by atoms with Crippen molar-refractivity contribution in [3.8, 4) is 0 Å². The summed E-state index contributed by atoms with van der Waals surface area (Å²) < 4.78 is 5.60. The maximum atomic E-state index is 12.5. The molecule has 2 unspecified atom stereocenters. The molecule has 1 saturated carbocycles. The van der Waals surface area contributed by atoms with Gasteiger partial charge in [0.15, 0.2) is 0 Å². The molecule has 2 aliphatic rings. The van der Waals surface area contributed by atoms with Gasteiger partial charge in [-0.3, -0.25) is 19.5 Å². The van der Waals surface area contributed by atoms with E-state index in [9.17, 15) is 9.59 Å². The molecule has 1 amide bonds. The Hall–Kier alpha value is -1.95. The largest absolute Gasteiger partial charge is 0.460 e. The molecule has 0 radical (unpaired) electrons. The Kier molecular flexibility index (Phi) is 5.30. The van der Waals surface area contributed by atoms with Gasteiger partial charge in [-0.25, -0.2) is 0 Å². The second-order valence-corrected chi connectivity index (χ2v) is 9.27. The van der Waals surface area contributed by atoms with E-state index in [1.54, 1.807) is 24.5 Å². The normalized spacial score (nSPS) is 25.1. The molecule has 1 aromatic heterocycles. The summed E-state index contributed by atoms with van der Waals surface area (Å²) in [5, 5.41) is 0. The first-order chi connectivity index (χ1) is 12.6. The van der Waals surface area contributed by atoms with Crippen LogP contribution < -0.4 is 0 Å². The molecule has 27 heavy (non-hydrogen) atoms. The van der Waals surface area contributed by atoms with Crippen LogP contribution in [-0.2, 0) is 9.53 Å². The van der Waals surface area contributed by atoms with E-state index < -0.39 is 5.60 Å². The molecule has 3 rings (SSSR count). The van der Waals surface area contributed by atoms with Crippen molar-refractivity contribution >= 4 is 11.9 Å². The number of carbonyl (C=O) groups excluding carboxylic acids is 2. The Bertz CT molecular complexity index is 688. The van der Waals surface area contributed by atoms with Gasteiger partial charge in [0.1, 0.15) is 5.60 Å². The molecule has 6 nitrogen and oxygen atoms in total. The second-order valence-electron chi connectivity index (χ2n) is 9.27. The van der Waals surface area contributed by atoms with Crippen molar-refractivity contribution < 1.29 is 14.3 Å². The molecule has 2 fully saturated rings. The highest BCUT2D eigenvalue weighted by molar-refractivity contribution is 5.94. The number of hydrogen-bond acceptors (Lipinski definition) is 5. The van der Waals surface area contributed by atoms with Crippen molar-refractivity contribution in [1.29, 1.82) is 0 Å². The Morgan fingerprint density at radius 2 is 1.74 bits per heavy atom. The van der Waals surface area contributed by atoms with Gasteiger partial charge < -0.3 is 9.64 Å². The fourth-order valence-corrected chi connectivity index (χ4v) is 4.01. The highest BCUT2D eigenvalue weighted by Crippen LogP contribution is 2.59. The number of amides is 1. The smallest absolute Gasteiger partial charge is 0.310 e. The molecule has 6 heteroatoms. The van der Waals surface area contributed by atoms with E-state index in [0.29, 0.717) is 24.6 Å². The topological polar surface area (TPSA) is 62.7 Å². The van der Waals surface area contributed by atoms with Gasteiger partial charge >= 0.3 is 5.97 Å². The third-order valence-corrected chi connectivity index (χ3v) is 5.75. The van der Waals surface area contributed by atoms with Crippen LogP contribution in [0.15, 0.2) is 24.5 Å². The Balaban J connectivity index is 1.51. The third-order valence-electron chi connectivity index (χ3n) is 5.75. The van der Waals surface area contributed by atoms with Crippen molar-refractivity contribution in [2.24, 2.45) is 17.3 Å². The lowest BCUT2D eigenvalue weighted by molar-refractivity contribution is -0.157. The third kappa shape index (κ3) is 4.49. The molecule has 2 heterocycles. The van der Waals surface area contributed by atoms with Crippen LogP contribution in [0.25, 0.3) is 0 Å². The van der Waals surface area contributed by atoms with Crippen LogP contribution in [0.5, 0.6) is 0 Å². The van der Waals surface area contributed by atoms with Crippen molar-refractivity contribution in [2.75, 3.05) is 32.7 Å². The van der Waals surface area contributed by atoms with Crippen molar-refractivity contribution in [3.05, 3.63) is 30.1 Å². The summed E-state index contributed by atoms with van der Waals surface area (Å²) in [4.78, 5) is 33.3. The SMILES string of the molecule is CC(C)(C)OC(=O)C1C(CN2CCN(C(=O)c3ccncc3)CC2)C1(C)C. The number of carbonyl (C=O) groups is 2. The van der Waals surface area contributed by atoms with Crippen LogP contribution in [0, 0.1) is 17.3 Å². The van der Waals surface area contributed by atoms with Gasteiger partial charge in [-0.15, -0.1) is 0 Å². The summed E-state index contributed by atoms with van der Waals surface area (Å²) in [5.41, 5.74) is 0.220. The number of aromatic nitrogens is 1. The highest BCUT2D eigenvalue weighted by Gasteiger charge is 2.63. The van der Waals surface area contributed by atoms with Gasteiger partial charge in [0.05, 0.1) is 5.92 Å². The average Bonchev–Trinajstić information content (AvgIpc) is 3.14. The second kappa shape index (κ2) is 7.23. The fraction of sp³-hybridized carbons (Fsp3) is 0.667. The first-order valence-corrected chi connectivity index (χ1v) is 9.74. The van der Waals surface area contributed by atoms with Gasteiger partial charge in [-0.2, -0.15) is 0 Å². The summed E-state index contributed by atoms with van der Waals surface area (Å²) in [6.45, 7) is 14.0. The summed E-state index contributed by atoms with van der Waals surface area (Å²) in [7, 11) is 0. The van der Waals surface area contributed by atoms with Gasteiger partial charge in [-0.05, 0) is 44.2 Å². The van der Waals surface area contributed by atoms with Crippen LogP contribution in [0.1, 0.15) is 45.0 Å². The van der Waals surface area contributed by atoms with E-state index in [2.05, 4.69) is 23.7 Å². The molecule has 1 saturated heterocycles. The van der Waals surface area contributed by atoms with E-state index in [1.807, 2.05) is 25.7 Å². The zero-order valence-electron chi connectivity index (χ0n) is 17.1.